The molecule has 0 amide bonds. The number of rotatable bonds is 4. The SMILES string of the molecule is CCCCC[NH+]=C(N)C(Cl)(Cl)Cl. The van der Waals surface area contributed by atoms with Crippen molar-refractivity contribution in [1.29, 1.82) is 0 Å². The third-order valence-corrected chi connectivity index (χ3v) is 2.01. The van der Waals surface area contributed by atoms with Crippen LogP contribution in [0.3, 0.4) is 0 Å². The molecule has 0 aliphatic heterocycles. The van der Waals surface area contributed by atoms with Gasteiger partial charge in [0.15, 0.2) is 0 Å². The molecule has 0 spiro atoms. The van der Waals surface area contributed by atoms with Crippen LogP contribution in [0.25, 0.3) is 0 Å². The topological polar surface area (TPSA) is 40.0 Å². The van der Waals surface area contributed by atoms with E-state index < -0.39 is 3.79 Å². The first-order valence-electron chi connectivity index (χ1n) is 3.92. The minimum Gasteiger partial charge on any atom is -0.287 e. The zero-order valence-electron chi connectivity index (χ0n) is 7.04. The van der Waals surface area contributed by atoms with Crippen molar-refractivity contribution in [3.05, 3.63) is 0 Å². The van der Waals surface area contributed by atoms with Crippen molar-refractivity contribution in [1.82, 2.24) is 0 Å². The van der Waals surface area contributed by atoms with E-state index in [0.29, 0.717) is 0 Å². The van der Waals surface area contributed by atoms with Gasteiger partial charge in [0.1, 0.15) is 0 Å². The molecule has 0 saturated carbocycles. The third kappa shape index (κ3) is 5.92. The molecule has 0 fully saturated rings. The largest absolute Gasteiger partial charge is 0.293 e. The standard InChI is InChI=1S/C7H13Cl3N2/c1-2-3-4-5-12-6(11)7(8,9)10/h2-5H2,1H3,(H2,11,12)/p+1. The number of halogens is 3. The van der Waals surface area contributed by atoms with Gasteiger partial charge in [-0.3, -0.25) is 10.7 Å². The van der Waals surface area contributed by atoms with E-state index in [-0.39, 0.29) is 5.84 Å². The zero-order valence-corrected chi connectivity index (χ0v) is 9.31. The molecule has 0 aromatic rings. The highest BCUT2D eigenvalue weighted by molar-refractivity contribution is 6.76. The zero-order chi connectivity index (χ0) is 9.61. The van der Waals surface area contributed by atoms with Gasteiger partial charge in [-0.2, -0.15) is 0 Å². The number of hydrogen-bond donors (Lipinski definition) is 2. The molecular formula is C7H14Cl3N2+. The molecule has 0 atom stereocenters. The van der Waals surface area contributed by atoms with Crippen molar-refractivity contribution in [2.24, 2.45) is 5.73 Å². The highest BCUT2D eigenvalue weighted by atomic mass is 35.6. The molecule has 5 heteroatoms. The fourth-order valence-electron chi connectivity index (χ4n) is 0.698. The van der Waals surface area contributed by atoms with Crippen molar-refractivity contribution in [2.45, 2.75) is 30.0 Å². The molecule has 0 aromatic carbocycles. The molecule has 2 nitrogen and oxygen atoms in total. The van der Waals surface area contributed by atoms with Crippen molar-refractivity contribution >= 4 is 40.6 Å². The first-order chi connectivity index (χ1) is 5.48. The van der Waals surface area contributed by atoms with E-state index in [9.17, 15) is 0 Å². The predicted octanol–water partition coefficient (Wildman–Crippen LogP) is 0.985. The van der Waals surface area contributed by atoms with E-state index in [2.05, 4.69) is 11.9 Å². The summed E-state index contributed by atoms with van der Waals surface area (Å²) in [6.45, 7) is 2.88. The van der Waals surface area contributed by atoms with Crippen LogP contribution >= 0.6 is 34.8 Å². The summed E-state index contributed by atoms with van der Waals surface area (Å²) in [4.78, 5) is 2.86. The van der Waals surface area contributed by atoms with Gasteiger partial charge >= 0.3 is 0 Å². The number of nitrogens with two attached hydrogens (primary N) is 1. The Morgan fingerprint density at radius 3 is 2.33 bits per heavy atom. The quantitative estimate of drug-likeness (QED) is 0.323. The Morgan fingerprint density at radius 1 is 1.33 bits per heavy atom. The Kier molecular flexibility index (Phi) is 6.06. The highest BCUT2D eigenvalue weighted by Gasteiger charge is 2.30. The van der Waals surface area contributed by atoms with Gasteiger partial charge in [-0.05, 0) is 12.8 Å². The van der Waals surface area contributed by atoms with E-state index in [1.807, 2.05) is 0 Å². The van der Waals surface area contributed by atoms with Crippen molar-refractivity contribution in [3.8, 4) is 0 Å². The predicted molar refractivity (Wildman–Crippen MR) is 54.8 cm³/mol. The summed E-state index contributed by atoms with van der Waals surface area (Å²) in [6, 6.07) is 0. The molecule has 0 radical (unpaired) electrons. The molecule has 0 aliphatic carbocycles. The van der Waals surface area contributed by atoms with Gasteiger partial charge < -0.3 is 0 Å². The van der Waals surface area contributed by atoms with Gasteiger partial charge in [0.2, 0.25) is 0 Å². The van der Waals surface area contributed by atoms with Crippen LogP contribution in [-0.2, 0) is 0 Å². The summed E-state index contributed by atoms with van der Waals surface area (Å²) in [5, 5.41) is 0. The lowest BCUT2D eigenvalue weighted by molar-refractivity contribution is -0.459. The van der Waals surface area contributed by atoms with Gasteiger partial charge in [-0.25, -0.2) is 0 Å². The number of nitrogens with one attached hydrogen (secondary N) is 1. The monoisotopic (exact) mass is 231 g/mol. The van der Waals surface area contributed by atoms with Crippen LogP contribution in [-0.4, -0.2) is 16.2 Å². The second-order valence-corrected chi connectivity index (χ2v) is 4.83. The third-order valence-electron chi connectivity index (χ3n) is 1.40. The lowest BCUT2D eigenvalue weighted by Crippen LogP contribution is -2.78. The summed E-state index contributed by atoms with van der Waals surface area (Å²) < 4.78 is -1.49. The second-order valence-electron chi connectivity index (χ2n) is 2.55. The Hall–Kier alpha value is 0.340. The van der Waals surface area contributed by atoms with Crippen LogP contribution in [0.4, 0.5) is 0 Å². The summed E-state index contributed by atoms with van der Waals surface area (Å²) in [6.07, 6.45) is 3.35. The summed E-state index contributed by atoms with van der Waals surface area (Å²) in [5.74, 6) is 0.198. The lowest BCUT2D eigenvalue weighted by Gasteiger charge is -2.03. The van der Waals surface area contributed by atoms with Crippen molar-refractivity contribution < 1.29 is 4.99 Å². The smallest absolute Gasteiger partial charge is 0.287 e. The van der Waals surface area contributed by atoms with Gasteiger partial charge in [0.25, 0.3) is 9.63 Å². The first-order valence-corrected chi connectivity index (χ1v) is 5.05. The summed E-state index contributed by atoms with van der Waals surface area (Å²) in [7, 11) is 0. The molecule has 0 rings (SSSR count). The number of hydrogen-bond acceptors (Lipinski definition) is 0. The maximum Gasteiger partial charge on any atom is 0.293 e. The van der Waals surface area contributed by atoms with E-state index in [1.165, 1.54) is 0 Å². The molecule has 0 bridgehead atoms. The van der Waals surface area contributed by atoms with Crippen LogP contribution in [0.5, 0.6) is 0 Å². The van der Waals surface area contributed by atoms with Crippen LogP contribution in [0, 0.1) is 0 Å². The van der Waals surface area contributed by atoms with E-state index in [4.69, 9.17) is 40.5 Å². The minimum absolute atomic E-state index is 0.198. The normalized spacial score (nSPS) is 13.5. The highest BCUT2D eigenvalue weighted by Crippen LogP contribution is 2.23. The Labute approximate surface area is 88.1 Å². The molecule has 0 aromatic heterocycles. The maximum atomic E-state index is 5.50. The van der Waals surface area contributed by atoms with E-state index in [1.54, 1.807) is 0 Å². The average molecular weight is 233 g/mol. The van der Waals surface area contributed by atoms with Gasteiger partial charge in [-0.15, -0.1) is 0 Å². The molecule has 72 valence electrons. The fraction of sp³-hybridized carbons (Fsp3) is 0.857. The van der Waals surface area contributed by atoms with Crippen molar-refractivity contribution in [2.75, 3.05) is 6.54 Å². The number of alkyl halides is 3. The second kappa shape index (κ2) is 5.90. The first kappa shape index (κ1) is 12.3. The number of unbranched alkanes of at least 4 members (excludes halogenated alkanes) is 2. The van der Waals surface area contributed by atoms with E-state index in [0.717, 1.165) is 25.8 Å². The molecular weight excluding hydrogens is 218 g/mol. The summed E-state index contributed by atoms with van der Waals surface area (Å²) >= 11 is 16.5. The Morgan fingerprint density at radius 2 is 1.92 bits per heavy atom. The summed E-state index contributed by atoms with van der Waals surface area (Å²) in [5.41, 5.74) is 5.44. The fourth-order valence-corrected chi connectivity index (χ4v) is 0.899. The lowest BCUT2D eigenvalue weighted by atomic mass is 10.2. The molecule has 0 saturated heterocycles. The van der Waals surface area contributed by atoms with Gasteiger partial charge in [0, 0.05) is 0 Å². The van der Waals surface area contributed by atoms with E-state index >= 15 is 0 Å². The average Bonchev–Trinajstić information content (AvgIpc) is 1.96. The molecule has 0 heterocycles. The maximum absolute atomic E-state index is 5.50. The van der Waals surface area contributed by atoms with Crippen LogP contribution in [0.15, 0.2) is 0 Å². The Balaban J connectivity index is 3.70. The van der Waals surface area contributed by atoms with Crippen LogP contribution in [0.1, 0.15) is 26.2 Å². The molecule has 12 heavy (non-hydrogen) atoms. The molecule has 0 unspecified atom stereocenters. The minimum atomic E-state index is -1.49. The molecule has 3 N–H and O–H groups in total. The number of amidine groups is 1. The molecule has 0 aliphatic rings. The van der Waals surface area contributed by atoms with Gasteiger partial charge in [-0.1, -0.05) is 48.1 Å². The Bertz CT molecular complexity index is 151. The van der Waals surface area contributed by atoms with Crippen molar-refractivity contribution in [3.63, 3.8) is 0 Å². The van der Waals surface area contributed by atoms with Crippen LogP contribution < -0.4 is 10.7 Å². The van der Waals surface area contributed by atoms with Gasteiger partial charge in [0.05, 0.1) is 6.54 Å². The van der Waals surface area contributed by atoms with Crippen LogP contribution in [0.2, 0.25) is 0 Å².